The zero-order valence-corrected chi connectivity index (χ0v) is 14.6. The minimum Gasteiger partial charge on any atom is -0.497 e. The van der Waals surface area contributed by atoms with Gasteiger partial charge in [-0.15, -0.1) is 10.2 Å². The minimum atomic E-state index is -0.150. The number of hydrogen-bond acceptors (Lipinski definition) is 9. The fourth-order valence-electron chi connectivity index (χ4n) is 3.02. The largest absolute Gasteiger partial charge is 0.497 e. The molecule has 0 saturated carbocycles. The highest BCUT2D eigenvalue weighted by atomic mass is 32.1. The molecule has 0 aliphatic carbocycles. The number of hydrogen-bond donors (Lipinski definition) is 1. The van der Waals surface area contributed by atoms with E-state index in [-0.39, 0.29) is 18.3 Å². The molecule has 8 nitrogen and oxygen atoms in total. The summed E-state index contributed by atoms with van der Waals surface area (Å²) in [5, 5.41) is 9.23. The molecule has 0 amide bonds. The highest BCUT2D eigenvalue weighted by Gasteiger charge is 2.39. The predicted octanol–water partition coefficient (Wildman–Crippen LogP) is 1.18. The zero-order chi connectivity index (χ0) is 17.2. The van der Waals surface area contributed by atoms with Gasteiger partial charge in [0.25, 0.3) is 0 Å². The van der Waals surface area contributed by atoms with Gasteiger partial charge in [-0.2, -0.15) is 0 Å². The molecule has 9 heteroatoms. The molecule has 0 radical (unpaired) electrons. The molecule has 25 heavy (non-hydrogen) atoms. The summed E-state index contributed by atoms with van der Waals surface area (Å²) < 4.78 is 23.3. The van der Waals surface area contributed by atoms with Crippen LogP contribution >= 0.6 is 11.3 Å². The molecule has 2 aliphatic rings. The van der Waals surface area contributed by atoms with Crippen molar-refractivity contribution in [1.82, 2.24) is 10.2 Å². The number of nitrogens with two attached hydrogens (primary N) is 1. The lowest BCUT2D eigenvalue weighted by Crippen LogP contribution is -2.29. The molecule has 1 aromatic heterocycles. The van der Waals surface area contributed by atoms with Gasteiger partial charge < -0.3 is 29.6 Å². The topological polar surface area (TPSA) is 92.0 Å². The van der Waals surface area contributed by atoms with Crippen LogP contribution < -0.4 is 20.1 Å². The third-order valence-electron chi connectivity index (χ3n) is 4.25. The quantitative estimate of drug-likeness (QED) is 0.865. The molecule has 1 aromatic carbocycles. The van der Waals surface area contributed by atoms with Crippen LogP contribution in [0, 0.1) is 0 Å². The van der Waals surface area contributed by atoms with E-state index in [1.54, 1.807) is 7.11 Å². The van der Waals surface area contributed by atoms with Crippen molar-refractivity contribution in [3.8, 4) is 11.5 Å². The highest BCUT2D eigenvalue weighted by molar-refractivity contribution is 7.18. The van der Waals surface area contributed by atoms with Crippen LogP contribution in [0.1, 0.15) is 0 Å². The van der Waals surface area contributed by atoms with Crippen molar-refractivity contribution >= 4 is 21.6 Å². The van der Waals surface area contributed by atoms with Crippen LogP contribution in [0.3, 0.4) is 0 Å². The molecule has 2 atom stereocenters. The van der Waals surface area contributed by atoms with Gasteiger partial charge in [-0.05, 0) is 12.1 Å². The van der Waals surface area contributed by atoms with Gasteiger partial charge in [0.05, 0.1) is 20.3 Å². The van der Waals surface area contributed by atoms with Crippen molar-refractivity contribution in [2.24, 2.45) is 0 Å². The van der Waals surface area contributed by atoms with Crippen LogP contribution in [0.4, 0.5) is 10.3 Å². The van der Waals surface area contributed by atoms with Gasteiger partial charge in [-0.1, -0.05) is 17.4 Å². The van der Waals surface area contributed by atoms with Gasteiger partial charge in [-0.3, -0.25) is 0 Å². The molecule has 3 heterocycles. The number of ether oxygens (including phenoxy) is 4. The Labute approximate surface area is 149 Å². The average Bonchev–Trinajstić information content (AvgIpc) is 3.19. The number of methoxy groups -OCH3 is 1. The number of benzene rings is 1. The Morgan fingerprint density at radius 1 is 1.16 bits per heavy atom. The molecule has 2 fully saturated rings. The Hall–Kier alpha value is -2.10. The van der Waals surface area contributed by atoms with E-state index in [0.717, 1.165) is 16.6 Å². The van der Waals surface area contributed by atoms with Crippen molar-refractivity contribution < 1.29 is 18.9 Å². The van der Waals surface area contributed by atoms with Gasteiger partial charge in [0, 0.05) is 19.2 Å². The van der Waals surface area contributed by atoms with Crippen molar-refractivity contribution in [1.29, 1.82) is 0 Å². The van der Waals surface area contributed by atoms with Gasteiger partial charge in [0.2, 0.25) is 10.3 Å². The number of aromatic nitrogens is 2. The number of nitrogens with zero attached hydrogens (tertiary/aromatic N) is 3. The summed E-state index contributed by atoms with van der Waals surface area (Å²) >= 11 is 1.38. The Morgan fingerprint density at radius 3 is 2.52 bits per heavy atom. The summed E-state index contributed by atoms with van der Waals surface area (Å²) in [5.74, 6) is 1.51. The van der Waals surface area contributed by atoms with Crippen molar-refractivity contribution in [3.05, 3.63) is 24.3 Å². The fourth-order valence-corrected chi connectivity index (χ4v) is 3.65. The Morgan fingerprint density at radius 2 is 1.88 bits per heavy atom. The maximum Gasteiger partial charge on any atom is 0.210 e. The fraction of sp³-hybridized carbons (Fsp3) is 0.500. The Bertz CT molecular complexity index is 712. The second-order valence-electron chi connectivity index (χ2n) is 5.99. The van der Waals surface area contributed by atoms with Gasteiger partial charge in [0.1, 0.15) is 29.8 Å². The average molecular weight is 364 g/mol. The molecule has 134 valence electrons. The van der Waals surface area contributed by atoms with Gasteiger partial charge in [-0.25, -0.2) is 0 Å². The van der Waals surface area contributed by atoms with E-state index in [9.17, 15) is 0 Å². The van der Waals surface area contributed by atoms with E-state index in [0.29, 0.717) is 31.4 Å². The van der Waals surface area contributed by atoms with Crippen LogP contribution in [0.25, 0.3) is 0 Å². The summed E-state index contributed by atoms with van der Waals surface area (Å²) in [6.45, 7) is 2.38. The van der Waals surface area contributed by atoms with E-state index in [1.807, 2.05) is 24.3 Å². The molecule has 2 saturated heterocycles. The molecule has 0 unspecified atom stereocenters. The van der Waals surface area contributed by atoms with Crippen LogP contribution in [-0.2, 0) is 9.47 Å². The lowest BCUT2D eigenvalue weighted by atomic mass is 10.3. The first-order chi connectivity index (χ1) is 12.2. The van der Waals surface area contributed by atoms with E-state index < -0.39 is 0 Å². The molecular formula is C16H20N4O4S. The summed E-state index contributed by atoms with van der Waals surface area (Å²) in [7, 11) is 1.63. The number of nitrogen functional groups attached to an aromatic ring is 1. The first-order valence-corrected chi connectivity index (χ1v) is 8.91. The smallest absolute Gasteiger partial charge is 0.210 e. The summed E-state index contributed by atoms with van der Waals surface area (Å²) in [4.78, 5) is 2.10. The highest BCUT2D eigenvalue weighted by Crippen LogP contribution is 2.29. The first-order valence-electron chi connectivity index (χ1n) is 8.09. The second-order valence-corrected chi connectivity index (χ2v) is 6.98. The summed E-state index contributed by atoms with van der Waals surface area (Å²) in [6.07, 6.45) is -0.170. The van der Waals surface area contributed by atoms with Crippen LogP contribution in [-0.4, -0.2) is 61.9 Å². The molecular weight excluding hydrogens is 344 g/mol. The van der Waals surface area contributed by atoms with Crippen LogP contribution in [0.2, 0.25) is 0 Å². The summed E-state index contributed by atoms with van der Waals surface area (Å²) in [6, 6.07) is 7.53. The van der Waals surface area contributed by atoms with Crippen LogP contribution in [0.5, 0.6) is 11.5 Å². The SMILES string of the molecule is COc1cccc(OC2CO[C@H]3CN(c4nnc(N)s4)C[C@@H]3OC2)c1. The molecule has 0 spiro atoms. The number of fused-ring (bicyclic) bond motifs is 1. The predicted molar refractivity (Wildman–Crippen MR) is 93.4 cm³/mol. The lowest BCUT2D eigenvalue weighted by Gasteiger charge is -2.19. The van der Waals surface area contributed by atoms with Gasteiger partial charge in [0.15, 0.2) is 0 Å². The summed E-state index contributed by atoms with van der Waals surface area (Å²) in [5.41, 5.74) is 5.66. The van der Waals surface area contributed by atoms with Gasteiger partial charge >= 0.3 is 0 Å². The maximum atomic E-state index is 6.03. The third-order valence-corrected chi connectivity index (χ3v) is 5.07. The van der Waals surface area contributed by atoms with E-state index in [1.165, 1.54) is 11.3 Å². The van der Waals surface area contributed by atoms with E-state index in [2.05, 4.69) is 15.1 Å². The monoisotopic (exact) mass is 364 g/mol. The molecule has 4 rings (SSSR count). The van der Waals surface area contributed by atoms with Crippen molar-refractivity contribution in [2.45, 2.75) is 18.3 Å². The van der Waals surface area contributed by atoms with Crippen molar-refractivity contribution in [3.63, 3.8) is 0 Å². The Kier molecular flexibility index (Phi) is 4.60. The molecule has 2 aliphatic heterocycles. The van der Waals surface area contributed by atoms with Crippen LogP contribution in [0.15, 0.2) is 24.3 Å². The number of anilines is 2. The first kappa shape index (κ1) is 16.4. The van der Waals surface area contributed by atoms with Crippen molar-refractivity contribution in [2.75, 3.05) is 44.0 Å². The van der Waals surface area contributed by atoms with E-state index in [4.69, 9.17) is 24.7 Å². The normalized spacial score (nSPS) is 24.0. The molecule has 2 aromatic rings. The minimum absolute atomic E-state index is 0.0102. The molecule has 2 N–H and O–H groups in total. The maximum absolute atomic E-state index is 6.03. The Balaban J connectivity index is 1.35. The zero-order valence-electron chi connectivity index (χ0n) is 13.8. The second kappa shape index (κ2) is 7.03. The standard InChI is InChI=1S/C16H20N4O4S/c1-21-10-3-2-4-11(5-10)24-12-8-22-13-6-20(7-14(13)23-9-12)16-19-18-15(17)25-16/h2-5,12-14H,6-9H2,1H3,(H2,17,18)/t13-,14-/m0/s1. The lowest BCUT2D eigenvalue weighted by molar-refractivity contribution is -0.00461. The molecule has 0 bridgehead atoms. The number of rotatable bonds is 4. The third kappa shape index (κ3) is 3.63. The van der Waals surface area contributed by atoms with E-state index >= 15 is 0 Å².